The van der Waals surface area contributed by atoms with Crippen molar-refractivity contribution >= 4 is 49.9 Å². The van der Waals surface area contributed by atoms with Crippen molar-refractivity contribution in [3.63, 3.8) is 0 Å². The Morgan fingerprint density at radius 3 is 2.71 bits per heavy atom. The van der Waals surface area contributed by atoms with Gasteiger partial charge in [-0.1, -0.05) is 0 Å². The second-order valence-corrected chi connectivity index (χ2v) is 9.57. The number of carbonyl (C=O) groups excluding carboxylic acids is 1. The lowest BCUT2D eigenvalue weighted by Crippen LogP contribution is -2.54. The van der Waals surface area contributed by atoms with Crippen LogP contribution in [0.15, 0.2) is 36.5 Å². The van der Waals surface area contributed by atoms with Gasteiger partial charge in [0.15, 0.2) is 0 Å². The molecule has 7 nitrogen and oxygen atoms in total. The molecule has 0 bridgehead atoms. The Balaban J connectivity index is 1.39. The number of hydrogen-bond donors (Lipinski definition) is 2. The summed E-state index contributed by atoms with van der Waals surface area (Å²) in [6.45, 7) is 8.25. The number of hydrogen-bond acceptors (Lipinski definition) is 6. The van der Waals surface area contributed by atoms with Gasteiger partial charge in [0.2, 0.25) is 0 Å². The second-order valence-electron chi connectivity index (χ2n) is 8.54. The van der Waals surface area contributed by atoms with Gasteiger partial charge in [0.05, 0.1) is 10.4 Å². The van der Waals surface area contributed by atoms with Crippen molar-refractivity contribution < 1.29 is 4.79 Å². The third kappa shape index (κ3) is 3.88. The first-order valence-electron chi connectivity index (χ1n) is 10.5. The first-order chi connectivity index (χ1) is 14.9. The van der Waals surface area contributed by atoms with E-state index in [9.17, 15) is 4.79 Å². The number of carbonyl (C=O) groups is 1. The van der Waals surface area contributed by atoms with Crippen molar-refractivity contribution in [1.29, 1.82) is 0 Å². The number of pyridine rings is 1. The number of nitrogens with zero attached hydrogens (tertiary/aromatic N) is 4. The highest BCUT2D eigenvalue weighted by molar-refractivity contribution is 7.20. The molecule has 5 rings (SSSR count). The minimum atomic E-state index is -0.114. The van der Waals surface area contributed by atoms with Gasteiger partial charge in [0.25, 0.3) is 5.91 Å². The highest BCUT2D eigenvalue weighted by atomic mass is 32.1. The lowest BCUT2D eigenvalue weighted by atomic mass is 10.1. The molecule has 4 aromatic rings. The number of piperazine rings is 1. The molecule has 160 valence electrons. The van der Waals surface area contributed by atoms with Crippen LogP contribution >= 0.6 is 11.3 Å². The van der Waals surface area contributed by atoms with Crippen molar-refractivity contribution in [2.75, 3.05) is 23.3 Å². The molecule has 1 aliphatic heterocycles. The van der Waals surface area contributed by atoms with Gasteiger partial charge in [-0.2, -0.15) is 5.10 Å². The molecule has 0 aliphatic carbocycles. The number of aryl methyl sites for hydroxylation is 2. The zero-order valence-electron chi connectivity index (χ0n) is 18.1. The van der Waals surface area contributed by atoms with Gasteiger partial charge in [-0.15, -0.1) is 11.3 Å². The third-order valence-electron chi connectivity index (χ3n) is 5.65. The lowest BCUT2D eigenvalue weighted by molar-refractivity contribution is 0.103. The van der Waals surface area contributed by atoms with Crippen molar-refractivity contribution in [3.05, 3.63) is 47.0 Å². The van der Waals surface area contributed by atoms with Gasteiger partial charge in [-0.05, 0) is 56.7 Å². The van der Waals surface area contributed by atoms with E-state index in [2.05, 4.69) is 46.6 Å². The first-order valence-corrected chi connectivity index (χ1v) is 11.3. The van der Waals surface area contributed by atoms with Crippen molar-refractivity contribution in [2.45, 2.75) is 32.9 Å². The summed E-state index contributed by atoms with van der Waals surface area (Å²) in [6.07, 6.45) is 1.96. The van der Waals surface area contributed by atoms with Crippen molar-refractivity contribution in [3.8, 4) is 0 Å². The number of amides is 1. The van der Waals surface area contributed by atoms with Crippen LogP contribution in [0.1, 0.15) is 29.1 Å². The Morgan fingerprint density at radius 1 is 1.16 bits per heavy atom. The summed E-state index contributed by atoms with van der Waals surface area (Å²) >= 11 is 1.43. The van der Waals surface area contributed by atoms with Gasteiger partial charge in [0, 0.05) is 54.9 Å². The fraction of sp³-hybridized carbons (Fsp3) is 0.348. The van der Waals surface area contributed by atoms with E-state index in [-0.39, 0.29) is 5.91 Å². The molecule has 31 heavy (non-hydrogen) atoms. The maximum absolute atomic E-state index is 12.9. The molecule has 0 spiro atoms. The predicted octanol–water partition coefficient (Wildman–Crippen LogP) is 3.93. The molecule has 1 aliphatic rings. The molecule has 8 heteroatoms. The normalized spacial score (nSPS) is 19.3. The number of nitrogens with one attached hydrogen (secondary N) is 2. The van der Waals surface area contributed by atoms with Crippen LogP contribution in [-0.4, -0.2) is 45.8 Å². The summed E-state index contributed by atoms with van der Waals surface area (Å²) in [5.41, 5.74) is 2.77. The van der Waals surface area contributed by atoms with E-state index in [0.717, 1.165) is 51.3 Å². The van der Waals surface area contributed by atoms with Crippen LogP contribution in [0.5, 0.6) is 0 Å². The molecule has 2 atom stereocenters. The van der Waals surface area contributed by atoms with Crippen LogP contribution in [0.2, 0.25) is 0 Å². The smallest absolute Gasteiger partial charge is 0.265 e. The number of rotatable bonds is 3. The van der Waals surface area contributed by atoms with E-state index in [1.165, 1.54) is 11.3 Å². The first kappa shape index (κ1) is 20.0. The summed E-state index contributed by atoms with van der Waals surface area (Å²) < 4.78 is 1.79. The Morgan fingerprint density at radius 2 is 1.94 bits per heavy atom. The quantitative estimate of drug-likeness (QED) is 0.511. The highest BCUT2D eigenvalue weighted by Crippen LogP contribution is 2.29. The second kappa shape index (κ2) is 7.62. The van der Waals surface area contributed by atoms with E-state index >= 15 is 0 Å². The molecule has 1 saturated heterocycles. The van der Waals surface area contributed by atoms with Gasteiger partial charge in [-0.25, -0.2) is 4.98 Å². The maximum Gasteiger partial charge on any atom is 0.265 e. The summed E-state index contributed by atoms with van der Waals surface area (Å²) in [5.74, 6) is 0.857. The zero-order valence-corrected chi connectivity index (χ0v) is 19.0. The number of fused-ring (bicyclic) bond motifs is 2. The van der Waals surface area contributed by atoms with E-state index in [0.29, 0.717) is 17.0 Å². The SMILES string of the molecule is Cc1cc(NC(=O)c2cc3ccc(N4C[C@@H](C)N[C@@H](C)C4)nc3s2)cc2cn(C)nc12. The Bertz CT molecular complexity index is 1280. The Labute approximate surface area is 185 Å². The lowest BCUT2D eigenvalue weighted by Gasteiger charge is -2.36. The van der Waals surface area contributed by atoms with Crippen LogP contribution in [0, 0.1) is 6.92 Å². The molecule has 1 fully saturated rings. The molecule has 1 amide bonds. The summed E-state index contributed by atoms with van der Waals surface area (Å²) in [4.78, 5) is 21.7. The number of benzene rings is 1. The van der Waals surface area contributed by atoms with E-state index in [4.69, 9.17) is 4.98 Å². The number of anilines is 2. The van der Waals surface area contributed by atoms with E-state index in [1.807, 2.05) is 38.4 Å². The molecule has 0 radical (unpaired) electrons. The Hall–Kier alpha value is -2.97. The molecule has 0 unspecified atom stereocenters. The minimum absolute atomic E-state index is 0.114. The van der Waals surface area contributed by atoms with Gasteiger partial charge in [-0.3, -0.25) is 9.48 Å². The van der Waals surface area contributed by atoms with E-state index < -0.39 is 0 Å². The van der Waals surface area contributed by atoms with Crippen LogP contribution in [0.25, 0.3) is 21.1 Å². The summed E-state index contributed by atoms with van der Waals surface area (Å²) in [6, 6.07) is 10.8. The molecule has 1 aromatic carbocycles. The van der Waals surface area contributed by atoms with Gasteiger partial charge in [0.1, 0.15) is 10.6 Å². The fourth-order valence-corrected chi connectivity index (χ4v) is 5.33. The van der Waals surface area contributed by atoms with Crippen molar-refractivity contribution in [2.24, 2.45) is 7.05 Å². The van der Waals surface area contributed by atoms with Crippen molar-refractivity contribution in [1.82, 2.24) is 20.1 Å². The largest absolute Gasteiger partial charge is 0.353 e. The zero-order chi connectivity index (χ0) is 21.7. The number of thiophene rings is 1. The van der Waals surface area contributed by atoms with Gasteiger partial charge >= 0.3 is 0 Å². The molecule has 4 heterocycles. The molecule has 3 aromatic heterocycles. The topological polar surface area (TPSA) is 75.1 Å². The average molecular weight is 435 g/mol. The standard InChI is InChI=1S/C23H26N6OS/c1-13-7-18(8-17-12-28(4)27-21(13)17)25-22(30)19-9-16-5-6-20(26-23(16)31-19)29-10-14(2)24-15(3)11-29/h5-9,12,14-15,24H,10-11H2,1-4H3,(H,25,30)/t14-,15+. The van der Waals surface area contributed by atoms with Crippen LogP contribution < -0.4 is 15.5 Å². The van der Waals surface area contributed by atoms with Crippen LogP contribution in [0.3, 0.4) is 0 Å². The molecular weight excluding hydrogens is 408 g/mol. The molecular formula is C23H26N6OS. The number of aromatic nitrogens is 3. The van der Waals surface area contributed by atoms with E-state index in [1.54, 1.807) is 4.68 Å². The maximum atomic E-state index is 12.9. The predicted molar refractivity (Wildman–Crippen MR) is 127 cm³/mol. The highest BCUT2D eigenvalue weighted by Gasteiger charge is 2.22. The molecule has 0 saturated carbocycles. The van der Waals surface area contributed by atoms with Crippen LogP contribution in [-0.2, 0) is 7.05 Å². The molecule has 2 N–H and O–H groups in total. The minimum Gasteiger partial charge on any atom is -0.353 e. The summed E-state index contributed by atoms with van der Waals surface area (Å²) in [5, 5.41) is 13.1. The monoisotopic (exact) mass is 434 g/mol. The summed E-state index contributed by atoms with van der Waals surface area (Å²) in [7, 11) is 1.90. The average Bonchev–Trinajstić information content (AvgIpc) is 3.29. The van der Waals surface area contributed by atoms with Crippen LogP contribution in [0.4, 0.5) is 11.5 Å². The fourth-order valence-electron chi connectivity index (χ4n) is 4.40. The van der Waals surface area contributed by atoms with Gasteiger partial charge < -0.3 is 15.5 Å². The third-order valence-corrected chi connectivity index (χ3v) is 6.69. The Kier molecular flexibility index (Phi) is 4.91.